The van der Waals surface area contributed by atoms with Gasteiger partial charge in [0, 0.05) is 18.9 Å². The average Bonchev–Trinajstić information content (AvgIpc) is 2.94. The topological polar surface area (TPSA) is 72.1 Å². The highest BCUT2D eigenvalue weighted by Crippen LogP contribution is 2.28. The molecule has 1 saturated heterocycles. The van der Waals surface area contributed by atoms with Crippen LogP contribution in [0.4, 0.5) is 0 Å². The zero-order valence-electron chi connectivity index (χ0n) is 12.7. The van der Waals surface area contributed by atoms with E-state index in [-0.39, 0.29) is 11.9 Å². The molecule has 22 heavy (non-hydrogen) atoms. The van der Waals surface area contributed by atoms with Crippen LogP contribution in [-0.4, -0.2) is 32.5 Å². The number of hydrogen-bond donors (Lipinski definition) is 0. The van der Waals surface area contributed by atoms with Gasteiger partial charge < -0.3 is 9.42 Å². The Morgan fingerprint density at radius 2 is 2.32 bits per heavy atom. The summed E-state index contributed by atoms with van der Waals surface area (Å²) < 4.78 is 4.87. The lowest BCUT2D eigenvalue weighted by Gasteiger charge is -2.28. The van der Waals surface area contributed by atoms with Crippen LogP contribution in [0.15, 0.2) is 29.4 Å². The molecule has 1 aliphatic heterocycles. The van der Waals surface area contributed by atoms with E-state index in [4.69, 9.17) is 4.52 Å². The van der Waals surface area contributed by atoms with Crippen molar-refractivity contribution in [2.24, 2.45) is 0 Å². The standard InChI is InChI=1S/C16H20N4O2/c1-12-10-17-7-6-13(12)9-15(21)20-8-4-2-3-5-14(20)16-18-11-22-19-16/h6-7,10-11,14H,2-5,8-9H2,1H3. The number of carbonyl (C=O) groups is 1. The highest BCUT2D eigenvalue weighted by molar-refractivity contribution is 5.79. The Bertz CT molecular complexity index is 627. The second-order valence-corrected chi connectivity index (χ2v) is 5.72. The summed E-state index contributed by atoms with van der Waals surface area (Å²) in [5.74, 6) is 0.729. The molecular weight excluding hydrogens is 280 g/mol. The van der Waals surface area contributed by atoms with Crippen LogP contribution in [0.1, 0.15) is 48.7 Å². The molecule has 2 aromatic rings. The van der Waals surface area contributed by atoms with E-state index in [9.17, 15) is 4.79 Å². The Kier molecular flexibility index (Phi) is 4.46. The van der Waals surface area contributed by atoms with Gasteiger partial charge in [0.2, 0.25) is 12.3 Å². The predicted octanol–water partition coefficient (Wildman–Crippen LogP) is 2.46. The second-order valence-electron chi connectivity index (χ2n) is 5.72. The lowest BCUT2D eigenvalue weighted by Crippen LogP contribution is -2.36. The normalized spacial score (nSPS) is 19.0. The van der Waals surface area contributed by atoms with Crippen molar-refractivity contribution in [3.63, 3.8) is 0 Å². The Hall–Kier alpha value is -2.24. The Morgan fingerprint density at radius 3 is 3.09 bits per heavy atom. The minimum Gasteiger partial charge on any atom is -0.343 e. The number of amides is 1. The van der Waals surface area contributed by atoms with Crippen molar-refractivity contribution >= 4 is 5.91 Å². The summed E-state index contributed by atoms with van der Waals surface area (Å²) in [5, 5.41) is 3.95. The van der Waals surface area contributed by atoms with E-state index in [2.05, 4.69) is 15.1 Å². The summed E-state index contributed by atoms with van der Waals surface area (Å²) >= 11 is 0. The molecule has 1 atom stereocenters. The van der Waals surface area contributed by atoms with E-state index in [0.29, 0.717) is 12.2 Å². The molecule has 1 amide bonds. The van der Waals surface area contributed by atoms with Gasteiger partial charge in [-0.15, -0.1) is 0 Å². The lowest BCUT2D eigenvalue weighted by molar-refractivity contribution is -0.133. The third-order valence-electron chi connectivity index (χ3n) is 4.23. The van der Waals surface area contributed by atoms with Crippen LogP contribution in [0, 0.1) is 6.92 Å². The van der Waals surface area contributed by atoms with E-state index in [1.807, 2.05) is 17.9 Å². The van der Waals surface area contributed by atoms with E-state index < -0.39 is 0 Å². The highest BCUT2D eigenvalue weighted by atomic mass is 16.5. The first-order valence-corrected chi connectivity index (χ1v) is 7.71. The van der Waals surface area contributed by atoms with Gasteiger partial charge in [-0.3, -0.25) is 9.78 Å². The van der Waals surface area contributed by atoms with Crippen molar-refractivity contribution in [1.82, 2.24) is 20.0 Å². The van der Waals surface area contributed by atoms with Gasteiger partial charge in [0.1, 0.15) is 0 Å². The van der Waals surface area contributed by atoms with E-state index in [0.717, 1.165) is 43.4 Å². The van der Waals surface area contributed by atoms with Crippen molar-refractivity contribution < 1.29 is 9.32 Å². The quantitative estimate of drug-likeness (QED) is 0.870. The smallest absolute Gasteiger partial charge is 0.227 e. The molecule has 6 heteroatoms. The molecule has 116 valence electrons. The molecule has 0 radical (unpaired) electrons. The third kappa shape index (κ3) is 3.16. The number of pyridine rings is 1. The van der Waals surface area contributed by atoms with Gasteiger partial charge in [-0.25, -0.2) is 0 Å². The molecular formula is C16H20N4O2. The summed E-state index contributed by atoms with van der Waals surface area (Å²) in [4.78, 5) is 22.9. The molecule has 0 spiro atoms. The van der Waals surface area contributed by atoms with Crippen molar-refractivity contribution in [3.05, 3.63) is 41.8 Å². The van der Waals surface area contributed by atoms with Crippen LogP contribution in [-0.2, 0) is 11.2 Å². The van der Waals surface area contributed by atoms with Gasteiger partial charge in [0.15, 0.2) is 5.82 Å². The predicted molar refractivity (Wildman–Crippen MR) is 79.9 cm³/mol. The molecule has 1 aliphatic rings. The van der Waals surface area contributed by atoms with E-state index in [1.54, 1.807) is 12.4 Å². The van der Waals surface area contributed by atoms with Crippen LogP contribution >= 0.6 is 0 Å². The van der Waals surface area contributed by atoms with Gasteiger partial charge in [0.05, 0.1) is 12.5 Å². The number of nitrogens with zero attached hydrogens (tertiary/aromatic N) is 4. The molecule has 1 fully saturated rings. The van der Waals surface area contributed by atoms with Gasteiger partial charge in [0.25, 0.3) is 0 Å². The number of hydrogen-bond acceptors (Lipinski definition) is 5. The molecule has 3 heterocycles. The SMILES string of the molecule is Cc1cnccc1CC(=O)N1CCCCCC1c1ncon1. The largest absolute Gasteiger partial charge is 0.343 e. The maximum absolute atomic E-state index is 12.8. The first kappa shape index (κ1) is 14.7. The summed E-state index contributed by atoms with van der Waals surface area (Å²) in [6.45, 7) is 2.73. The fourth-order valence-corrected chi connectivity index (χ4v) is 2.97. The zero-order valence-corrected chi connectivity index (χ0v) is 12.7. The molecule has 3 rings (SSSR count). The van der Waals surface area contributed by atoms with Crippen molar-refractivity contribution in [2.45, 2.75) is 45.1 Å². The minimum atomic E-state index is -0.0732. The Labute approximate surface area is 129 Å². The number of likely N-dealkylation sites (tertiary alicyclic amines) is 1. The fourth-order valence-electron chi connectivity index (χ4n) is 2.97. The van der Waals surface area contributed by atoms with Crippen molar-refractivity contribution in [1.29, 1.82) is 0 Å². The van der Waals surface area contributed by atoms with Crippen LogP contribution in [0.3, 0.4) is 0 Å². The van der Waals surface area contributed by atoms with Crippen LogP contribution in [0.25, 0.3) is 0 Å². The number of aryl methyl sites for hydroxylation is 1. The molecule has 0 N–H and O–H groups in total. The number of aromatic nitrogens is 3. The highest BCUT2D eigenvalue weighted by Gasteiger charge is 2.29. The maximum Gasteiger partial charge on any atom is 0.227 e. The summed E-state index contributed by atoms with van der Waals surface area (Å²) in [7, 11) is 0. The van der Waals surface area contributed by atoms with Crippen LogP contribution < -0.4 is 0 Å². The van der Waals surface area contributed by atoms with E-state index in [1.165, 1.54) is 6.39 Å². The molecule has 6 nitrogen and oxygen atoms in total. The monoisotopic (exact) mass is 300 g/mol. The van der Waals surface area contributed by atoms with Gasteiger partial charge in [-0.05, 0) is 37.0 Å². The van der Waals surface area contributed by atoms with Crippen LogP contribution in [0.5, 0.6) is 0 Å². The molecule has 0 saturated carbocycles. The molecule has 2 aromatic heterocycles. The maximum atomic E-state index is 12.8. The first-order valence-electron chi connectivity index (χ1n) is 7.71. The van der Waals surface area contributed by atoms with Crippen molar-refractivity contribution in [3.8, 4) is 0 Å². The van der Waals surface area contributed by atoms with Crippen molar-refractivity contribution in [2.75, 3.05) is 6.54 Å². The first-order chi connectivity index (χ1) is 10.8. The fraction of sp³-hybridized carbons (Fsp3) is 0.500. The van der Waals surface area contributed by atoms with E-state index >= 15 is 0 Å². The van der Waals surface area contributed by atoms with Gasteiger partial charge in [-0.2, -0.15) is 4.98 Å². The molecule has 0 bridgehead atoms. The zero-order chi connectivity index (χ0) is 15.4. The second kappa shape index (κ2) is 6.68. The number of rotatable bonds is 3. The average molecular weight is 300 g/mol. The van der Waals surface area contributed by atoms with Crippen LogP contribution in [0.2, 0.25) is 0 Å². The summed E-state index contributed by atoms with van der Waals surface area (Å²) in [6.07, 6.45) is 9.37. The lowest BCUT2D eigenvalue weighted by atomic mass is 10.1. The minimum absolute atomic E-state index is 0.0732. The Balaban J connectivity index is 1.80. The molecule has 0 aromatic carbocycles. The molecule has 0 aliphatic carbocycles. The van der Waals surface area contributed by atoms with Gasteiger partial charge >= 0.3 is 0 Å². The third-order valence-corrected chi connectivity index (χ3v) is 4.23. The van der Waals surface area contributed by atoms with Gasteiger partial charge in [-0.1, -0.05) is 18.0 Å². The molecule has 1 unspecified atom stereocenters. The Morgan fingerprint density at radius 1 is 1.41 bits per heavy atom. The summed E-state index contributed by atoms with van der Waals surface area (Å²) in [6, 6.07) is 1.84. The number of carbonyl (C=O) groups excluding carboxylic acids is 1. The summed E-state index contributed by atoms with van der Waals surface area (Å²) in [5.41, 5.74) is 2.07.